The van der Waals surface area contributed by atoms with Gasteiger partial charge < -0.3 is 15.3 Å². The van der Waals surface area contributed by atoms with Gasteiger partial charge in [0.05, 0.1) is 0 Å². The van der Waals surface area contributed by atoms with Gasteiger partial charge in [0.15, 0.2) is 11.5 Å². The zero-order valence-electron chi connectivity index (χ0n) is 14.5. The van der Waals surface area contributed by atoms with Crippen LogP contribution in [0.4, 0.5) is 0 Å². The van der Waals surface area contributed by atoms with Crippen LogP contribution in [-0.4, -0.2) is 20.9 Å². The molecule has 5 atom stereocenters. The fourth-order valence-electron chi connectivity index (χ4n) is 6.42. The number of phenolic OH excluding ortho intramolecular Hbond substituents is 2. The Kier molecular flexibility index (Phi) is 3.10. The monoisotopic (exact) mass is 326 g/mol. The Morgan fingerprint density at radius 3 is 2.58 bits per heavy atom. The summed E-state index contributed by atoms with van der Waals surface area (Å²) in [5.74, 6) is 3.47. The highest BCUT2D eigenvalue weighted by Gasteiger charge is 2.65. The summed E-state index contributed by atoms with van der Waals surface area (Å²) in [6.45, 7) is 4.52. The van der Waals surface area contributed by atoms with Gasteiger partial charge in [-0.15, -0.1) is 6.42 Å². The molecular weight excluding hydrogens is 300 g/mol. The van der Waals surface area contributed by atoms with E-state index < -0.39 is 5.60 Å². The van der Waals surface area contributed by atoms with Gasteiger partial charge in [-0.1, -0.05) is 25.8 Å². The van der Waals surface area contributed by atoms with Gasteiger partial charge in [-0.3, -0.25) is 0 Å². The van der Waals surface area contributed by atoms with Gasteiger partial charge in [0.25, 0.3) is 0 Å². The fourth-order valence-corrected chi connectivity index (χ4v) is 6.42. The van der Waals surface area contributed by atoms with E-state index in [0.717, 1.165) is 37.7 Å². The summed E-state index contributed by atoms with van der Waals surface area (Å²) < 4.78 is 0. The molecule has 3 aliphatic rings. The number of benzene rings is 1. The van der Waals surface area contributed by atoms with E-state index in [-0.39, 0.29) is 22.3 Å². The Labute approximate surface area is 143 Å². The van der Waals surface area contributed by atoms with E-state index in [9.17, 15) is 15.3 Å². The summed E-state index contributed by atoms with van der Waals surface area (Å²) in [6, 6.07) is 3.59. The second-order valence-corrected chi connectivity index (χ2v) is 8.61. The number of hydrogen-bond acceptors (Lipinski definition) is 3. The average Bonchev–Trinajstić information content (AvgIpc) is 2.83. The first-order valence-electron chi connectivity index (χ1n) is 9.01. The van der Waals surface area contributed by atoms with Gasteiger partial charge in [0.1, 0.15) is 5.60 Å². The Morgan fingerprint density at radius 1 is 1.12 bits per heavy atom. The molecule has 3 heteroatoms. The summed E-state index contributed by atoms with van der Waals surface area (Å²) in [5, 5.41) is 31.1. The predicted octanol–water partition coefficient (Wildman–Crippen LogP) is 3.71. The lowest BCUT2D eigenvalue weighted by Gasteiger charge is -2.58. The fraction of sp³-hybridized carbons (Fsp3) is 0.619. The summed E-state index contributed by atoms with van der Waals surface area (Å²) >= 11 is 0. The Hall–Kier alpha value is -1.66. The minimum Gasteiger partial charge on any atom is -0.504 e. The molecule has 0 aliphatic heterocycles. The van der Waals surface area contributed by atoms with Crippen LogP contribution in [0.1, 0.15) is 63.0 Å². The maximum absolute atomic E-state index is 11.0. The van der Waals surface area contributed by atoms with Crippen molar-refractivity contribution in [3.63, 3.8) is 0 Å². The second kappa shape index (κ2) is 4.70. The third-order valence-electron chi connectivity index (χ3n) is 7.88. The molecule has 0 amide bonds. The van der Waals surface area contributed by atoms with E-state index in [4.69, 9.17) is 6.42 Å². The zero-order valence-corrected chi connectivity index (χ0v) is 14.5. The van der Waals surface area contributed by atoms with Crippen molar-refractivity contribution in [3.8, 4) is 23.8 Å². The molecule has 0 radical (unpaired) electrons. The second-order valence-electron chi connectivity index (χ2n) is 8.61. The molecule has 0 aromatic heterocycles. The van der Waals surface area contributed by atoms with Crippen molar-refractivity contribution in [2.24, 2.45) is 16.7 Å². The topological polar surface area (TPSA) is 60.7 Å². The SMILES string of the molecule is C#C[C@]1(O)CC[C@H]2[C@]3(C)CCc4c(ccc(O)c4O)[C@H]3CC[C@@]21C. The van der Waals surface area contributed by atoms with E-state index in [1.807, 2.05) is 6.07 Å². The van der Waals surface area contributed by atoms with Crippen LogP contribution in [0.2, 0.25) is 0 Å². The molecule has 1 aromatic rings. The average molecular weight is 326 g/mol. The van der Waals surface area contributed by atoms with E-state index >= 15 is 0 Å². The molecule has 2 saturated carbocycles. The smallest absolute Gasteiger partial charge is 0.160 e. The van der Waals surface area contributed by atoms with Crippen LogP contribution in [-0.2, 0) is 6.42 Å². The largest absolute Gasteiger partial charge is 0.504 e. The molecule has 4 rings (SSSR count). The Bertz CT molecular complexity index is 748. The van der Waals surface area contributed by atoms with Crippen LogP contribution in [0.5, 0.6) is 11.5 Å². The van der Waals surface area contributed by atoms with Crippen LogP contribution in [0.25, 0.3) is 0 Å². The van der Waals surface area contributed by atoms with Crippen molar-refractivity contribution in [3.05, 3.63) is 23.3 Å². The summed E-state index contributed by atoms with van der Waals surface area (Å²) in [6.07, 6.45) is 11.0. The van der Waals surface area contributed by atoms with Crippen LogP contribution < -0.4 is 0 Å². The van der Waals surface area contributed by atoms with Crippen molar-refractivity contribution in [1.29, 1.82) is 0 Å². The van der Waals surface area contributed by atoms with Gasteiger partial charge >= 0.3 is 0 Å². The highest BCUT2D eigenvalue weighted by molar-refractivity contribution is 5.52. The van der Waals surface area contributed by atoms with Gasteiger partial charge in [0, 0.05) is 11.0 Å². The predicted molar refractivity (Wildman–Crippen MR) is 92.8 cm³/mol. The maximum Gasteiger partial charge on any atom is 0.160 e. The maximum atomic E-state index is 11.0. The number of aromatic hydroxyl groups is 2. The first kappa shape index (κ1) is 15.8. The van der Waals surface area contributed by atoms with E-state index in [0.29, 0.717) is 18.3 Å². The zero-order chi connectivity index (χ0) is 17.3. The number of phenols is 2. The minimum absolute atomic E-state index is 0.0272. The quantitative estimate of drug-likeness (QED) is 0.503. The lowest BCUT2D eigenvalue weighted by Crippen LogP contribution is -2.54. The molecule has 2 fully saturated rings. The molecule has 3 aliphatic carbocycles. The summed E-state index contributed by atoms with van der Waals surface area (Å²) in [4.78, 5) is 0. The van der Waals surface area contributed by atoms with Crippen LogP contribution in [0, 0.1) is 29.1 Å². The van der Waals surface area contributed by atoms with Gasteiger partial charge in [0.2, 0.25) is 0 Å². The first-order chi connectivity index (χ1) is 11.3. The number of aliphatic hydroxyl groups is 1. The molecule has 24 heavy (non-hydrogen) atoms. The summed E-state index contributed by atoms with van der Waals surface area (Å²) in [7, 11) is 0. The van der Waals surface area contributed by atoms with E-state index in [1.54, 1.807) is 6.07 Å². The highest BCUT2D eigenvalue weighted by Crippen LogP contribution is 2.69. The molecule has 0 bridgehead atoms. The molecule has 1 aromatic carbocycles. The first-order valence-corrected chi connectivity index (χ1v) is 9.01. The molecule has 0 heterocycles. The third-order valence-corrected chi connectivity index (χ3v) is 7.88. The number of terminal acetylenes is 1. The van der Waals surface area contributed by atoms with Gasteiger partial charge in [-0.2, -0.15) is 0 Å². The lowest BCUT2D eigenvalue weighted by atomic mass is 9.46. The van der Waals surface area contributed by atoms with Crippen molar-refractivity contribution >= 4 is 0 Å². The lowest BCUT2D eigenvalue weighted by molar-refractivity contribution is -0.0968. The molecule has 3 N–H and O–H groups in total. The molecular formula is C21H26O3. The van der Waals surface area contributed by atoms with Crippen molar-refractivity contribution in [2.45, 2.75) is 63.9 Å². The minimum atomic E-state index is -0.997. The van der Waals surface area contributed by atoms with Crippen molar-refractivity contribution in [2.75, 3.05) is 0 Å². The molecule has 3 nitrogen and oxygen atoms in total. The van der Waals surface area contributed by atoms with Crippen LogP contribution >= 0.6 is 0 Å². The molecule has 128 valence electrons. The molecule has 0 unspecified atom stereocenters. The molecule has 0 saturated heterocycles. The van der Waals surface area contributed by atoms with Crippen molar-refractivity contribution < 1.29 is 15.3 Å². The Morgan fingerprint density at radius 2 is 1.88 bits per heavy atom. The normalized spacial score (nSPS) is 43.4. The van der Waals surface area contributed by atoms with Gasteiger partial charge in [-0.25, -0.2) is 0 Å². The van der Waals surface area contributed by atoms with Crippen LogP contribution in [0.3, 0.4) is 0 Å². The summed E-state index contributed by atoms with van der Waals surface area (Å²) in [5.41, 5.74) is 0.931. The Balaban J connectivity index is 1.81. The standard InChI is InChI=1S/C21H26O3/c1-4-21(24)12-9-17-19(2)10-7-14-13(5-6-16(22)18(14)23)15(19)8-11-20(17,21)3/h1,5-6,15,17,22-24H,7-12H2,2-3H3/t15-,17+,19-,20+,21+/m1/s1. The van der Waals surface area contributed by atoms with Gasteiger partial charge in [-0.05, 0) is 67.4 Å². The molecule has 0 spiro atoms. The number of fused-ring (bicyclic) bond motifs is 5. The van der Waals surface area contributed by atoms with Crippen LogP contribution in [0.15, 0.2) is 12.1 Å². The third kappa shape index (κ3) is 1.68. The van der Waals surface area contributed by atoms with E-state index in [1.165, 1.54) is 5.56 Å². The van der Waals surface area contributed by atoms with Crippen molar-refractivity contribution in [1.82, 2.24) is 0 Å². The number of rotatable bonds is 0. The highest BCUT2D eigenvalue weighted by atomic mass is 16.3. The van der Waals surface area contributed by atoms with E-state index in [2.05, 4.69) is 19.8 Å². The number of hydrogen-bond donors (Lipinski definition) is 3.